The lowest BCUT2D eigenvalue weighted by molar-refractivity contribution is 0.290. The van der Waals surface area contributed by atoms with Crippen LogP contribution in [0.15, 0.2) is 18.2 Å². The van der Waals surface area contributed by atoms with Crippen LogP contribution in [-0.2, 0) is 6.54 Å². The molecule has 0 aliphatic carbocycles. The highest BCUT2D eigenvalue weighted by atomic mass is 19.1. The highest BCUT2D eigenvalue weighted by Crippen LogP contribution is 2.19. The van der Waals surface area contributed by atoms with Crippen molar-refractivity contribution in [1.29, 1.82) is 0 Å². The molecule has 1 rings (SSSR count). The normalized spacial score (nSPS) is 12.7. The van der Waals surface area contributed by atoms with E-state index >= 15 is 0 Å². The molecule has 3 nitrogen and oxygen atoms in total. The van der Waals surface area contributed by atoms with E-state index in [1.165, 1.54) is 7.11 Å². The monoisotopic (exact) mass is 296 g/mol. The highest BCUT2D eigenvalue weighted by Gasteiger charge is 2.09. The van der Waals surface area contributed by atoms with Crippen LogP contribution in [0.25, 0.3) is 0 Å². The minimum absolute atomic E-state index is 0.261. The van der Waals surface area contributed by atoms with E-state index in [9.17, 15) is 4.39 Å². The van der Waals surface area contributed by atoms with Crippen molar-refractivity contribution in [2.24, 2.45) is 0 Å². The average Bonchev–Trinajstić information content (AvgIpc) is 2.50. The molecule has 0 aliphatic rings. The van der Waals surface area contributed by atoms with E-state index in [0.717, 1.165) is 32.5 Å². The second-order valence-electron chi connectivity index (χ2n) is 5.38. The van der Waals surface area contributed by atoms with Gasteiger partial charge in [-0.2, -0.15) is 0 Å². The van der Waals surface area contributed by atoms with Crippen molar-refractivity contribution in [3.63, 3.8) is 0 Å². The van der Waals surface area contributed by atoms with E-state index < -0.39 is 0 Å². The standard InChI is InChI=1S/C17H29FN2O/c1-5-20(6-2)12-8-9-14(3)19-13-15-10-7-11-16(21-4)17(15)18/h7,10-11,14,19H,5-6,8-9,12-13H2,1-4H3. The molecule has 0 saturated carbocycles. The van der Waals surface area contributed by atoms with Crippen molar-refractivity contribution in [3.8, 4) is 5.75 Å². The van der Waals surface area contributed by atoms with Crippen molar-refractivity contribution in [1.82, 2.24) is 10.2 Å². The van der Waals surface area contributed by atoms with E-state index in [1.54, 1.807) is 12.1 Å². The summed E-state index contributed by atoms with van der Waals surface area (Å²) in [7, 11) is 1.49. The Labute approximate surface area is 128 Å². The summed E-state index contributed by atoms with van der Waals surface area (Å²) >= 11 is 0. The van der Waals surface area contributed by atoms with Gasteiger partial charge in [-0.15, -0.1) is 0 Å². The maximum atomic E-state index is 14.0. The Morgan fingerprint density at radius 1 is 1.29 bits per heavy atom. The summed E-state index contributed by atoms with van der Waals surface area (Å²) in [5.41, 5.74) is 0.657. The SMILES string of the molecule is CCN(CC)CCCC(C)NCc1cccc(OC)c1F. The van der Waals surface area contributed by atoms with Crippen molar-refractivity contribution >= 4 is 0 Å². The molecule has 1 atom stereocenters. The Hall–Kier alpha value is -1.13. The number of ether oxygens (including phenoxy) is 1. The van der Waals surface area contributed by atoms with Gasteiger partial charge < -0.3 is 15.0 Å². The molecule has 1 aromatic rings. The summed E-state index contributed by atoms with van der Waals surface area (Å²) in [6.07, 6.45) is 2.26. The molecule has 1 aromatic carbocycles. The second kappa shape index (κ2) is 9.74. The molecule has 0 heterocycles. The van der Waals surface area contributed by atoms with Crippen molar-refractivity contribution in [3.05, 3.63) is 29.6 Å². The third-order valence-electron chi connectivity index (χ3n) is 3.91. The van der Waals surface area contributed by atoms with Crippen molar-refractivity contribution in [2.75, 3.05) is 26.7 Å². The van der Waals surface area contributed by atoms with Gasteiger partial charge in [0.05, 0.1) is 7.11 Å². The molecule has 120 valence electrons. The molecule has 21 heavy (non-hydrogen) atoms. The second-order valence-corrected chi connectivity index (χ2v) is 5.38. The quantitative estimate of drug-likeness (QED) is 0.716. The minimum atomic E-state index is -0.261. The summed E-state index contributed by atoms with van der Waals surface area (Å²) in [4.78, 5) is 2.43. The summed E-state index contributed by atoms with van der Waals surface area (Å²) in [6, 6.07) is 5.65. The van der Waals surface area contributed by atoms with Gasteiger partial charge in [-0.25, -0.2) is 4.39 Å². The fourth-order valence-electron chi connectivity index (χ4n) is 2.40. The number of nitrogens with zero attached hydrogens (tertiary/aromatic N) is 1. The number of hydrogen-bond acceptors (Lipinski definition) is 3. The molecule has 0 saturated heterocycles. The van der Waals surface area contributed by atoms with Gasteiger partial charge in [0.2, 0.25) is 0 Å². The maximum absolute atomic E-state index is 14.0. The fourth-order valence-corrected chi connectivity index (χ4v) is 2.40. The maximum Gasteiger partial charge on any atom is 0.169 e. The summed E-state index contributed by atoms with van der Waals surface area (Å²) in [5.74, 6) is 0.0475. The Kier molecular flexibility index (Phi) is 8.31. The number of rotatable bonds is 10. The van der Waals surface area contributed by atoms with Gasteiger partial charge in [-0.3, -0.25) is 0 Å². The predicted octanol–water partition coefficient (Wildman–Crippen LogP) is 3.43. The van der Waals surface area contributed by atoms with Crippen LogP contribution in [0.3, 0.4) is 0 Å². The Bertz CT molecular complexity index is 408. The minimum Gasteiger partial charge on any atom is -0.494 e. The van der Waals surface area contributed by atoms with Crippen LogP contribution in [0, 0.1) is 5.82 Å². The molecule has 0 fully saturated rings. The number of nitrogens with one attached hydrogen (secondary N) is 1. The van der Waals surface area contributed by atoms with Gasteiger partial charge in [-0.1, -0.05) is 26.0 Å². The summed E-state index contributed by atoms with van der Waals surface area (Å²) in [6.45, 7) is 10.4. The van der Waals surface area contributed by atoms with E-state index in [4.69, 9.17) is 4.74 Å². The molecular formula is C17H29FN2O. The van der Waals surface area contributed by atoms with Gasteiger partial charge in [0, 0.05) is 18.2 Å². The molecule has 0 amide bonds. The van der Waals surface area contributed by atoms with E-state index in [0.29, 0.717) is 23.9 Å². The van der Waals surface area contributed by atoms with Crippen LogP contribution >= 0.6 is 0 Å². The first kappa shape index (κ1) is 17.9. The molecule has 0 spiro atoms. The number of benzene rings is 1. The van der Waals surface area contributed by atoms with Crippen molar-refractivity contribution in [2.45, 2.75) is 46.2 Å². The van der Waals surface area contributed by atoms with Crippen LogP contribution < -0.4 is 10.1 Å². The first-order valence-electron chi connectivity index (χ1n) is 7.89. The van der Waals surface area contributed by atoms with Gasteiger partial charge in [-0.05, 0) is 45.5 Å². The predicted molar refractivity (Wildman–Crippen MR) is 86.3 cm³/mol. The lowest BCUT2D eigenvalue weighted by Gasteiger charge is -2.20. The summed E-state index contributed by atoms with van der Waals surface area (Å²) in [5, 5.41) is 3.39. The first-order valence-corrected chi connectivity index (χ1v) is 7.89. The molecule has 0 radical (unpaired) electrons. The number of hydrogen-bond donors (Lipinski definition) is 1. The van der Waals surface area contributed by atoms with Gasteiger partial charge in [0.25, 0.3) is 0 Å². The molecule has 1 N–H and O–H groups in total. The molecule has 0 bridgehead atoms. The van der Waals surface area contributed by atoms with Crippen LogP contribution in [0.4, 0.5) is 4.39 Å². The Morgan fingerprint density at radius 3 is 2.62 bits per heavy atom. The van der Waals surface area contributed by atoms with Crippen LogP contribution in [0.1, 0.15) is 39.2 Å². The fraction of sp³-hybridized carbons (Fsp3) is 0.647. The highest BCUT2D eigenvalue weighted by molar-refractivity contribution is 5.30. The van der Waals surface area contributed by atoms with E-state index in [2.05, 4.69) is 31.0 Å². The molecule has 0 aromatic heterocycles. The lowest BCUT2D eigenvalue weighted by atomic mass is 10.1. The van der Waals surface area contributed by atoms with Gasteiger partial charge >= 0.3 is 0 Å². The molecule has 1 unspecified atom stereocenters. The third-order valence-corrected chi connectivity index (χ3v) is 3.91. The van der Waals surface area contributed by atoms with Gasteiger partial charge in [0.1, 0.15) is 0 Å². The third kappa shape index (κ3) is 6.02. The van der Waals surface area contributed by atoms with Crippen LogP contribution in [0.2, 0.25) is 0 Å². The molecule has 4 heteroatoms. The molecule has 0 aliphatic heterocycles. The van der Waals surface area contributed by atoms with Gasteiger partial charge in [0.15, 0.2) is 11.6 Å². The van der Waals surface area contributed by atoms with Crippen molar-refractivity contribution < 1.29 is 9.13 Å². The molecular weight excluding hydrogens is 267 g/mol. The number of methoxy groups -OCH3 is 1. The Morgan fingerprint density at radius 2 is 2.00 bits per heavy atom. The number of halogens is 1. The first-order chi connectivity index (χ1) is 10.1. The topological polar surface area (TPSA) is 24.5 Å². The lowest BCUT2D eigenvalue weighted by Crippen LogP contribution is -2.29. The smallest absolute Gasteiger partial charge is 0.169 e. The van der Waals surface area contributed by atoms with Crippen LogP contribution in [0.5, 0.6) is 5.75 Å². The zero-order chi connectivity index (χ0) is 15.7. The van der Waals surface area contributed by atoms with E-state index in [-0.39, 0.29) is 5.82 Å². The Balaban J connectivity index is 2.34. The average molecular weight is 296 g/mol. The summed E-state index contributed by atoms with van der Waals surface area (Å²) < 4.78 is 19.0. The largest absolute Gasteiger partial charge is 0.494 e. The zero-order valence-electron chi connectivity index (χ0n) is 13.8. The van der Waals surface area contributed by atoms with E-state index in [1.807, 2.05) is 6.07 Å². The van der Waals surface area contributed by atoms with Crippen LogP contribution in [-0.4, -0.2) is 37.7 Å². The zero-order valence-corrected chi connectivity index (χ0v) is 13.8.